The van der Waals surface area contributed by atoms with Crippen molar-refractivity contribution >= 4 is 5.97 Å². The normalized spacial score (nSPS) is 11.2. The van der Waals surface area contributed by atoms with Crippen LogP contribution < -0.4 is 5.73 Å². The predicted octanol–water partition coefficient (Wildman–Crippen LogP) is 1.02. The van der Waals surface area contributed by atoms with Gasteiger partial charge in [0.2, 0.25) is 0 Å². The number of aromatic hydroxyl groups is 1. The minimum Gasteiger partial charge on any atom is -0.508 e. The molecule has 0 aliphatic heterocycles. The van der Waals surface area contributed by atoms with Crippen molar-refractivity contribution in [2.24, 2.45) is 5.73 Å². The molecule has 2 aromatic rings. The fourth-order valence-corrected chi connectivity index (χ4v) is 1.15. The Morgan fingerprint density at radius 1 is 1.39 bits per heavy atom. The van der Waals surface area contributed by atoms with Gasteiger partial charge in [-0.15, -0.1) is 0 Å². The average molecular weight is 250 g/mol. The lowest BCUT2D eigenvalue weighted by Crippen LogP contribution is -2.32. The van der Waals surface area contributed by atoms with Crippen LogP contribution in [0.2, 0.25) is 0 Å². The first kappa shape index (κ1) is 13.7. The average Bonchev–Trinajstić information content (AvgIpc) is 2.90. The first-order valence-electron chi connectivity index (χ1n) is 5.18. The monoisotopic (exact) mass is 250 g/mol. The molecule has 1 aromatic heterocycles. The van der Waals surface area contributed by atoms with Gasteiger partial charge in [-0.1, -0.05) is 12.1 Å². The van der Waals surface area contributed by atoms with E-state index >= 15 is 0 Å². The zero-order valence-electron chi connectivity index (χ0n) is 9.56. The lowest BCUT2D eigenvalue weighted by Gasteiger charge is -2.05. The van der Waals surface area contributed by atoms with E-state index in [1.54, 1.807) is 18.3 Å². The summed E-state index contributed by atoms with van der Waals surface area (Å²) in [7, 11) is 0. The van der Waals surface area contributed by atoms with E-state index in [2.05, 4.69) is 9.40 Å². The quantitative estimate of drug-likeness (QED) is 0.750. The van der Waals surface area contributed by atoms with E-state index < -0.39 is 12.0 Å². The smallest absolute Gasteiger partial charge is 0.320 e. The van der Waals surface area contributed by atoms with Gasteiger partial charge in [0.25, 0.3) is 0 Å². The maximum absolute atomic E-state index is 10.4. The number of carboxylic acids is 1. The molecule has 0 spiro atoms. The van der Waals surface area contributed by atoms with E-state index in [0.29, 0.717) is 0 Å². The van der Waals surface area contributed by atoms with Crippen molar-refractivity contribution in [3.63, 3.8) is 0 Å². The Labute approximate surface area is 104 Å². The number of benzene rings is 1. The van der Waals surface area contributed by atoms with Crippen molar-refractivity contribution in [3.8, 4) is 5.75 Å². The Bertz CT molecular complexity index is 436. The highest BCUT2D eigenvalue weighted by Gasteiger charge is 2.11. The topological polar surface area (TPSA) is 110 Å². The second-order valence-corrected chi connectivity index (χ2v) is 3.49. The van der Waals surface area contributed by atoms with Gasteiger partial charge in [0, 0.05) is 0 Å². The molecule has 1 aromatic carbocycles. The summed E-state index contributed by atoms with van der Waals surface area (Å²) in [5.74, 6) is -0.860. The van der Waals surface area contributed by atoms with Crippen molar-refractivity contribution in [3.05, 3.63) is 48.7 Å². The van der Waals surface area contributed by atoms with E-state index in [1.165, 1.54) is 24.8 Å². The van der Waals surface area contributed by atoms with Crippen molar-refractivity contribution < 1.29 is 19.4 Å². The van der Waals surface area contributed by atoms with E-state index in [4.69, 9.17) is 15.9 Å². The number of rotatable bonds is 3. The molecular formula is C12H14N2O4. The van der Waals surface area contributed by atoms with Gasteiger partial charge in [0.15, 0.2) is 6.39 Å². The van der Waals surface area contributed by atoms with E-state index in [1.807, 2.05) is 0 Å². The maximum Gasteiger partial charge on any atom is 0.320 e. The first-order valence-corrected chi connectivity index (χ1v) is 5.18. The molecule has 0 aliphatic rings. The molecule has 1 unspecified atom stereocenters. The SMILES string of the molecule is NC(Cc1ccc(O)cc1)C(=O)O.c1cocn1. The highest BCUT2D eigenvalue weighted by Crippen LogP contribution is 2.10. The summed E-state index contributed by atoms with van der Waals surface area (Å²) >= 11 is 0. The van der Waals surface area contributed by atoms with Crippen molar-refractivity contribution in [1.29, 1.82) is 0 Å². The van der Waals surface area contributed by atoms with Crippen LogP contribution in [0.5, 0.6) is 5.75 Å². The number of carboxylic acid groups (broad SMARTS) is 1. The predicted molar refractivity (Wildman–Crippen MR) is 63.9 cm³/mol. The number of aromatic nitrogens is 1. The molecule has 4 N–H and O–H groups in total. The highest BCUT2D eigenvalue weighted by atomic mass is 16.4. The molecule has 6 heteroatoms. The van der Waals surface area contributed by atoms with Gasteiger partial charge in [-0.05, 0) is 24.1 Å². The largest absolute Gasteiger partial charge is 0.508 e. The fraction of sp³-hybridized carbons (Fsp3) is 0.167. The molecule has 0 saturated carbocycles. The Morgan fingerprint density at radius 2 is 2.06 bits per heavy atom. The van der Waals surface area contributed by atoms with E-state index in [0.717, 1.165) is 5.56 Å². The second kappa shape index (κ2) is 7.08. The summed E-state index contributed by atoms with van der Waals surface area (Å²) in [5.41, 5.74) is 6.12. The minimum absolute atomic E-state index is 0.160. The molecule has 0 fully saturated rings. The van der Waals surface area contributed by atoms with Gasteiger partial charge >= 0.3 is 5.97 Å². The summed E-state index contributed by atoms with van der Waals surface area (Å²) in [5, 5.41) is 17.5. The number of aliphatic carboxylic acids is 1. The van der Waals surface area contributed by atoms with Crippen LogP contribution in [-0.2, 0) is 11.2 Å². The Morgan fingerprint density at radius 3 is 2.44 bits per heavy atom. The highest BCUT2D eigenvalue weighted by molar-refractivity contribution is 5.73. The molecule has 0 aliphatic carbocycles. The molecule has 1 atom stereocenters. The van der Waals surface area contributed by atoms with Crippen LogP contribution in [0.3, 0.4) is 0 Å². The van der Waals surface area contributed by atoms with E-state index in [9.17, 15) is 4.79 Å². The molecule has 18 heavy (non-hydrogen) atoms. The molecule has 96 valence electrons. The summed E-state index contributed by atoms with van der Waals surface area (Å²) in [6.07, 6.45) is 4.75. The summed E-state index contributed by atoms with van der Waals surface area (Å²) in [4.78, 5) is 14.0. The third-order valence-corrected chi connectivity index (χ3v) is 2.06. The summed E-state index contributed by atoms with van der Waals surface area (Å²) < 4.78 is 4.47. The molecule has 0 saturated heterocycles. The molecule has 0 amide bonds. The third-order valence-electron chi connectivity index (χ3n) is 2.06. The molecule has 2 rings (SSSR count). The number of hydrogen-bond donors (Lipinski definition) is 3. The van der Waals surface area contributed by atoms with Crippen LogP contribution in [0, 0.1) is 0 Å². The molecule has 0 radical (unpaired) electrons. The van der Waals surface area contributed by atoms with Crippen LogP contribution in [0.25, 0.3) is 0 Å². The summed E-state index contributed by atoms with van der Waals surface area (Å²) in [6, 6.07) is 5.42. The Kier molecular flexibility index (Phi) is 5.40. The van der Waals surface area contributed by atoms with Crippen LogP contribution in [-0.4, -0.2) is 27.2 Å². The first-order chi connectivity index (χ1) is 8.59. The van der Waals surface area contributed by atoms with Gasteiger partial charge in [-0.25, -0.2) is 4.98 Å². The number of phenols is 1. The standard InChI is InChI=1S/C9H11NO3.C3H3NO/c10-8(9(12)13)5-6-1-3-7(11)4-2-6;1-2-5-3-4-1/h1-4,8,11H,5,10H2,(H,12,13);1-3H. The van der Waals surface area contributed by atoms with Crippen molar-refractivity contribution in [1.82, 2.24) is 4.98 Å². The number of oxazole rings is 1. The molecule has 6 nitrogen and oxygen atoms in total. The van der Waals surface area contributed by atoms with Gasteiger partial charge < -0.3 is 20.4 Å². The zero-order chi connectivity index (χ0) is 13.4. The zero-order valence-corrected chi connectivity index (χ0v) is 9.56. The Hall–Kier alpha value is -2.34. The fourth-order valence-electron chi connectivity index (χ4n) is 1.15. The molecule has 0 bridgehead atoms. The van der Waals surface area contributed by atoms with E-state index in [-0.39, 0.29) is 12.2 Å². The van der Waals surface area contributed by atoms with Gasteiger partial charge in [-0.3, -0.25) is 4.79 Å². The van der Waals surface area contributed by atoms with Crippen molar-refractivity contribution in [2.45, 2.75) is 12.5 Å². The third kappa shape index (κ3) is 5.13. The van der Waals surface area contributed by atoms with Crippen LogP contribution in [0.15, 0.2) is 47.5 Å². The summed E-state index contributed by atoms with van der Waals surface area (Å²) in [6.45, 7) is 0. The van der Waals surface area contributed by atoms with Gasteiger partial charge in [0.1, 0.15) is 18.1 Å². The minimum atomic E-state index is -1.02. The Balaban J connectivity index is 0.000000269. The molecule has 1 heterocycles. The lowest BCUT2D eigenvalue weighted by atomic mass is 10.1. The lowest BCUT2D eigenvalue weighted by molar-refractivity contribution is -0.138. The number of carbonyl (C=O) groups is 1. The van der Waals surface area contributed by atoms with Crippen LogP contribution in [0.1, 0.15) is 5.56 Å². The number of hydrogen-bond acceptors (Lipinski definition) is 5. The van der Waals surface area contributed by atoms with Crippen LogP contribution in [0.4, 0.5) is 0 Å². The number of nitrogens with two attached hydrogens (primary N) is 1. The van der Waals surface area contributed by atoms with Crippen LogP contribution >= 0.6 is 0 Å². The van der Waals surface area contributed by atoms with Crippen molar-refractivity contribution in [2.75, 3.05) is 0 Å². The number of phenolic OH excluding ortho intramolecular Hbond substituents is 1. The second-order valence-electron chi connectivity index (χ2n) is 3.49. The van der Waals surface area contributed by atoms with Gasteiger partial charge in [-0.2, -0.15) is 0 Å². The molecular weight excluding hydrogens is 236 g/mol. The number of nitrogens with zero attached hydrogens (tertiary/aromatic N) is 1. The van der Waals surface area contributed by atoms with Gasteiger partial charge in [0.05, 0.1) is 6.20 Å². The maximum atomic E-state index is 10.4.